The zero-order valence-electron chi connectivity index (χ0n) is 9.32. The van der Waals surface area contributed by atoms with Crippen LogP contribution in [0.3, 0.4) is 0 Å². The van der Waals surface area contributed by atoms with Gasteiger partial charge in [0.2, 0.25) is 5.91 Å². The van der Waals surface area contributed by atoms with E-state index in [0.29, 0.717) is 13.1 Å². The van der Waals surface area contributed by atoms with E-state index in [1.807, 2.05) is 0 Å². The van der Waals surface area contributed by atoms with Crippen LogP contribution >= 0.6 is 0 Å². The Kier molecular flexibility index (Phi) is 5.31. The monoisotopic (exact) mass is 223 g/mol. The number of benzene rings is 1. The van der Waals surface area contributed by atoms with Gasteiger partial charge in [0.25, 0.3) is 0 Å². The largest absolute Gasteiger partial charge is 0.497 e. The summed E-state index contributed by atoms with van der Waals surface area (Å²) >= 11 is 0. The Hall–Kier alpha value is -1.59. The Morgan fingerprint density at radius 1 is 1.38 bits per heavy atom. The molecule has 0 atom stereocenters. The van der Waals surface area contributed by atoms with Gasteiger partial charge in [-0.15, -0.1) is 0 Å². The third kappa shape index (κ3) is 4.29. The number of amides is 1. The van der Waals surface area contributed by atoms with E-state index in [1.54, 1.807) is 31.4 Å². The van der Waals surface area contributed by atoms with Gasteiger partial charge in [0.1, 0.15) is 5.75 Å². The molecular weight excluding hydrogens is 206 g/mol. The first kappa shape index (κ1) is 12.5. The molecule has 0 radical (unpaired) electrons. The van der Waals surface area contributed by atoms with Crippen molar-refractivity contribution < 1.29 is 9.53 Å². The molecule has 0 bridgehead atoms. The number of carbonyl (C=O) groups excluding carboxylic acids is 1. The van der Waals surface area contributed by atoms with Gasteiger partial charge in [0, 0.05) is 18.8 Å². The molecule has 0 heterocycles. The minimum absolute atomic E-state index is 0.0846. The smallest absolute Gasteiger partial charge is 0.238 e. The van der Waals surface area contributed by atoms with E-state index in [9.17, 15) is 4.79 Å². The summed E-state index contributed by atoms with van der Waals surface area (Å²) in [5, 5.41) is 5.67. The van der Waals surface area contributed by atoms with Crippen LogP contribution in [-0.4, -0.2) is 32.7 Å². The highest BCUT2D eigenvalue weighted by molar-refractivity contribution is 5.92. The number of nitrogens with two attached hydrogens (primary N) is 1. The third-order valence-corrected chi connectivity index (χ3v) is 1.98. The second-order valence-corrected chi connectivity index (χ2v) is 3.24. The highest BCUT2D eigenvalue weighted by atomic mass is 16.5. The topological polar surface area (TPSA) is 76.4 Å². The molecule has 0 saturated carbocycles. The van der Waals surface area contributed by atoms with Gasteiger partial charge in [-0.2, -0.15) is 0 Å². The van der Waals surface area contributed by atoms with E-state index >= 15 is 0 Å². The molecule has 5 nitrogen and oxygen atoms in total. The van der Waals surface area contributed by atoms with E-state index in [-0.39, 0.29) is 12.5 Å². The van der Waals surface area contributed by atoms with E-state index in [0.717, 1.165) is 11.4 Å². The van der Waals surface area contributed by atoms with Gasteiger partial charge in [-0.25, -0.2) is 0 Å². The molecule has 0 saturated heterocycles. The van der Waals surface area contributed by atoms with Crippen LogP contribution in [0.4, 0.5) is 5.69 Å². The number of nitrogens with one attached hydrogen (secondary N) is 2. The lowest BCUT2D eigenvalue weighted by Crippen LogP contribution is -2.31. The van der Waals surface area contributed by atoms with Gasteiger partial charge in [-0.1, -0.05) is 0 Å². The van der Waals surface area contributed by atoms with E-state index in [4.69, 9.17) is 10.5 Å². The summed E-state index contributed by atoms with van der Waals surface area (Å²) in [6, 6.07) is 7.17. The molecule has 1 rings (SSSR count). The second kappa shape index (κ2) is 6.81. The first-order valence-corrected chi connectivity index (χ1v) is 5.11. The summed E-state index contributed by atoms with van der Waals surface area (Å²) < 4.78 is 5.01. The number of anilines is 1. The quantitative estimate of drug-likeness (QED) is 0.601. The number of hydrogen-bond donors (Lipinski definition) is 3. The molecule has 1 aromatic carbocycles. The van der Waals surface area contributed by atoms with Crippen molar-refractivity contribution >= 4 is 11.6 Å². The molecular formula is C11H17N3O2. The maximum atomic E-state index is 11.4. The van der Waals surface area contributed by atoms with E-state index in [1.165, 1.54) is 0 Å². The fourth-order valence-electron chi connectivity index (χ4n) is 1.18. The van der Waals surface area contributed by atoms with Crippen molar-refractivity contribution in [2.24, 2.45) is 5.73 Å². The Bertz CT molecular complexity index is 325. The first-order valence-electron chi connectivity index (χ1n) is 5.11. The van der Waals surface area contributed by atoms with Crippen molar-refractivity contribution in [1.29, 1.82) is 0 Å². The molecule has 0 aliphatic carbocycles. The van der Waals surface area contributed by atoms with Crippen LogP contribution in [-0.2, 0) is 4.79 Å². The van der Waals surface area contributed by atoms with Crippen molar-refractivity contribution in [3.63, 3.8) is 0 Å². The lowest BCUT2D eigenvalue weighted by atomic mass is 10.3. The van der Waals surface area contributed by atoms with Gasteiger partial charge in [0.15, 0.2) is 0 Å². The minimum atomic E-state index is -0.0846. The van der Waals surface area contributed by atoms with Gasteiger partial charge >= 0.3 is 0 Å². The van der Waals surface area contributed by atoms with Crippen molar-refractivity contribution in [3.05, 3.63) is 24.3 Å². The van der Waals surface area contributed by atoms with Gasteiger partial charge in [-0.05, 0) is 24.3 Å². The van der Waals surface area contributed by atoms with Crippen molar-refractivity contribution in [3.8, 4) is 5.75 Å². The molecule has 4 N–H and O–H groups in total. The summed E-state index contributed by atoms with van der Waals surface area (Å²) in [6.45, 7) is 1.43. The van der Waals surface area contributed by atoms with Crippen molar-refractivity contribution in [2.75, 3.05) is 32.1 Å². The molecule has 0 unspecified atom stereocenters. The number of methoxy groups -OCH3 is 1. The van der Waals surface area contributed by atoms with Crippen LogP contribution < -0.4 is 21.1 Å². The summed E-state index contributed by atoms with van der Waals surface area (Å²) in [5.41, 5.74) is 6.04. The lowest BCUT2D eigenvalue weighted by Gasteiger charge is -2.06. The number of carbonyl (C=O) groups is 1. The normalized spacial score (nSPS) is 9.88. The maximum Gasteiger partial charge on any atom is 0.238 e. The molecule has 5 heteroatoms. The summed E-state index contributed by atoms with van der Waals surface area (Å²) in [6.07, 6.45) is 0. The Morgan fingerprint density at radius 3 is 2.62 bits per heavy atom. The van der Waals surface area contributed by atoms with Crippen molar-refractivity contribution in [1.82, 2.24) is 5.32 Å². The standard InChI is InChI=1S/C11H17N3O2/c1-16-10-4-2-9(3-5-10)14-11(15)8-13-7-6-12/h2-5,13H,6-8,12H2,1H3,(H,14,15). The predicted octanol–water partition coefficient (Wildman–Crippen LogP) is 0.182. The first-order chi connectivity index (χ1) is 7.76. The highest BCUT2D eigenvalue weighted by Gasteiger charge is 2.01. The van der Waals surface area contributed by atoms with Gasteiger partial charge in [0.05, 0.1) is 13.7 Å². The van der Waals surface area contributed by atoms with Gasteiger partial charge in [-0.3, -0.25) is 4.79 Å². The zero-order chi connectivity index (χ0) is 11.8. The SMILES string of the molecule is COc1ccc(NC(=O)CNCCN)cc1. The van der Waals surface area contributed by atoms with Crippen LogP contribution in [0, 0.1) is 0 Å². The lowest BCUT2D eigenvalue weighted by molar-refractivity contribution is -0.115. The molecule has 0 fully saturated rings. The molecule has 1 amide bonds. The van der Waals surface area contributed by atoms with Gasteiger partial charge < -0.3 is 21.1 Å². The summed E-state index contributed by atoms with van der Waals surface area (Å²) in [4.78, 5) is 11.4. The average molecular weight is 223 g/mol. The molecule has 0 aliphatic rings. The van der Waals surface area contributed by atoms with Crippen molar-refractivity contribution in [2.45, 2.75) is 0 Å². The zero-order valence-corrected chi connectivity index (χ0v) is 9.32. The number of rotatable bonds is 6. The molecule has 0 aliphatic heterocycles. The third-order valence-electron chi connectivity index (χ3n) is 1.98. The molecule has 88 valence electrons. The van der Waals surface area contributed by atoms with Crippen LogP contribution in [0.5, 0.6) is 5.75 Å². The van der Waals surface area contributed by atoms with Crippen LogP contribution in [0.15, 0.2) is 24.3 Å². The fraction of sp³-hybridized carbons (Fsp3) is 0.364. The minimum Gasteiger partial charge on any atom is -0.497 e. The Labute approximate surface area is 95.0 Å². The maximum absolute atomic E-state index is 11.4. The second-order valence-electron chi connectivity index (χ2n) is 3.24. The van der Waals surface area contributed by atoms with E-state index in [2.05, 4.69) is 10.6 Å². The molecule has 1 aromatic rings. The molecule has 0 spiro atoms. The predicted molar refractivity (Wildman–Crippen MR) is 63.5 cm³/mol. The Balaban J connectivity index is 2.37. The summed E-state index contributed by atoms with van der Waals surface area (Å²) in [7, 11) is 1.60. The summed E-state index contributed by atoms with van der Waals surface area (Å²) in [5.74, 6) is 0.679. The van der Waals surface area contributed by atoms with Crippen LogP contribution in [0.2, 0.25) is 0 Å². The van der Waals surface area contributed by atoms with Crippen LogP contribution in [0.25, 0.3) is 0 Å². The Morgan fingerprint density at radius 2 is 2.06 bits per heavy atom. The van der Waals surface area contributed by atoms with Crippen LogP contribution in [0.1, 0.15) is 0 Å². The molecule has 0 aromatic heterocycles. The molecule has 16 heavy (non-hydrogen) atoms. The number of hydrogen-bond acceptors (Lipinski definition) is 4. The van der Waals surface area contributed by atoms with E-state index < -0.39 is 0 Å². The fourth-order valence-corrected chi connectivity index (χ4v) is 1.18. The highest BCUT2D eigenvalue weighted by Crippen LogP contribution is 2.14. The number of ether oxygens (including phenoxy) is 1. The average Bonchev–Trinajstić information content (AvgIpc) is 2.30.